The third kappa shape index (κ3) is 5.89. The van der Waals surface area contributed by atoms with Crippen LogP contribution >= 0.6 is 11.6 Å². The lowest BCUT2D eigenvalue weighted by molar-refractivity contribution is -0.113. The normalized spacial score (nSPS) is 10.9. The van der Waals surface area contributed by atoms with E-state index in [1.54, 1.807) is 55.7 Å². The predicted octanol–water partition coefficient (Wildman–Crippen LogP) is 5.08. The maximum atomic E-state index is 13.1. The van der Waals surface area contributed by atoms with Crippen LogP contribution in [0.4, 0.5) is 5.69 Å². The first-order valence-corrected chi connectivity index (χ1v) is 10.2. The minimum Gasteiger partial charge on any atom is -0.493 e. The number of anilines is 1. The number of methoxy groups -OCH3 is 2. The van der Waals surface area contributed by atoms with E-state index in [4.69, 9.17) is 21.1 Å². The van der Waals surface area contributed by atoms with Crippen molar-refractivity contribution in [1.29, 1.82) is 0 Å². The Morgan fingerprint density at radius 1 is 0.906 bits per heavy atom. The number of rotatable bonds is 7. The molecule has 0 aliphatic heterocycles. The van der Waals surface area contributed by atoms with Gasteiger partial charge in [0, 0.05) is 16.3 Å². The molecule has 0 saturated carbocycles. The summed E-state index contributed by atoms with van der Waals surface area (Å²) in [5.41, 5.74) is 2.65. The Labute approximate surface area is 191 Å². The van der Waals surface area contributed by atoms with Gasteiger partial charge < -0.3 is 20.1 Å². The molecule has 3 rings (SSSR count). The quantitative estimate of drug-likeness (QED) is 0.492. The number of aryl methyl sites for hydroxylation is 1. The van der Waals surface area contributed by atoms with Crippen LogP contribution in [0.3, 0.4) is 0 Å². The maximum absolute atomic E-state index is 13.1. The molecule has 164 valence electrons. The van der Waals surface area contributed by atoms with Gasteiger partial charge in [0.1, 0.15) is 5.70 Å². The molecule has 0 aliphatic rings. The first kappa shape index (κ1) is 22.9. The van der Waals surface area contributed by atoms with E-state index in [0.717, 1.165) is 5.56 Å². The Kier molecular flexibility index (Phi) is 7.52. The van der Waals surface area contributed by atoms with Crippen molar-refractivity contribution in [2.24, 2.45) is 0 Å². The van der Waals surface area contributed by atoms with Crippen LogP contribution in [-0.4, -0.2) is 26.0 Å². The molecule has 0 heterocycles. The molecule has 2 amide bonds. The molecule has 0 bridgehead atoms. The molecule has 3 aromatic rings. The van der Waals surface area contributed by atoms with Crippen molar-refractivity contribution in [3.05, 3.63) is 94.1 Å². The fourth-order valence-electron chi connectivity index (χ4n) is 3.01. The Morgan fingerprint density at radius 2 is 1.66 bits per heavy atom. The number of carbonyl (C=O) groups excluding carboxylic acids is 2. The molecule has 3 aromatic carbocycles. The minimum atomic E-state index is -0.472. The van der Waals surface area contributed by atoms with Crippen LogP contribution in [0.2, 0.25) is 5.02 Å². The molecule has 2 N–H and O–H groups in total. The van der Waals surface area contributed by atoms with Crippen LogP contribution in [0.1, 0.15) is 21.5 Å². The number of benzene rings is 3. The Hall–Kier alpha value is -3.77. The van der Waals surface area contributed by atoms with Crippen molar-refractivity contribution in [2.75, 3.05) is 19.5 Å². The van der Waals surface area contributed by atoms with Gasteiger partial charge in [-0.2, -0.15) is 0 Å². The monoisotopic (exact) mass is 450 g/mol. The van der Waals surface area contributed by atoms with E-state index in [1.807, 2.05) is 25.1 Å². The summed E-state index contributed by atoms with van der Waals surface area (Å²) in [5.74, 6) is 0.124. The van der Waals surface area contributed by atoms with Gasteiger partial charge in [0.15, 0.2) is 11.5 Å². The fourth-order valence-corrected chi connectivity index (χ4v) is 3.20. The van der Waals surface area contributed by atoms with Crippen LogP contribution in [0.25, 0.3) is 6.08 Å². The second kappa shape index (κ2) is 10.5. The molecule has 32 heavy (non-hydrogen) atoms. The molecular weight excluding hydrogens is 428 g/mol. The molecule has 0 aliphatic carbocycles. The van der Waals surface area contributed by atoms with Gasteiger partial charge in [0.05, 0.1) is 14.2 Å². The lowest BCUT2D eigenvalue weighted by Crippen LogP contribution is -2.30. The molecule has 0 radical (unpaired) electrons. The first-order chi connectivity index (χ1) is 15.4. The highest BCUT2D eigenvalue weighted by molar-refractivity contribution is 6.31. The van der Waals surface area contributed by atoms with Gasteiger partial charge >= 0.3 is 0 Å². The molecule has 0 fully saturated rings. The van der Waals surface area contributed by atoms with Crippen LogP contribution < -0.4 is 20.1 Å². The zero-order valence-electron chi connectivity index (χ0n) is 17.9. The van der Waals surface area contributed by atoms with E-state index < -0.39 is 11.8 Å². The SMILES string of the molecule is COc1ccc(/C=C(/NC(=O)c2cccc(Cl)c2)C(=O)Nc2cccc(C)c2)cc1OC. The topological polar surface area (TPSA) is 76.7 Å². The standard InChI is InChI=1S/C25H23ClN2O4/c1-16-6-4-9-20(12-16)27-25(30)21(28-24(29)18-7-5-8-19(26)15-18)13-17-10-11-22(31-2)23(14-17)32-3/h4-15H,1-3H3,(H,27,30)(H,28,29)/b21-13+. The molecule has 0 atom stereocenters. The molecule has 6 nitrogen and oxygen atoms in total. The Morgan fingerprint density at radius 3 is 2.34 bits per heavy atom. The number of carbonyl (C=O) groups is 2. The van der Waals surface area contributed by atoms with E-state index in [9.17, 15) is 9.59 Å². The zero-order valence-corrected chi connectivity index (χ0v) is 18.7. The molecular formula is C25H23ClN2O4. The lowest BCUT2D eigenvalue weighted by Gasteiger charge is -2.13. The van der Waals surface area contributed by atoms with Crippen molar-refractivity contribution >= 4 is 35.2 Å². The van der Waals surface area contributed by atoms with E-state index in [0.29, 0.717) is 33.3 Å². The van der Waals surface area contributed by atoms with Crippen molar-refractivity contribution in [3.63, 3.8) is 0 Å². The van der Waals surface area contributed by atoms with Gasteiger partial charge in [-0.25, -0.2) is 0 Å². The lowest BCUT2D eigenvalue weighted by atomic mass is 10.1. The average molecular weight is 451 g/mol. The van der Waals surface area contributed by atoms with Crippen molar-refractivity contribution < 1.29 is 19.1 Å². The summed E-state index contributed by atoms with van der Waals surface area (Å²) in [5, 5.41) is 5.93. The molecule has 0 unspecified atom stereocenters. The fraction of sp³-hybridized carbons (Fsp3) is 0.120. The van der Waals surface area contributed by atoms with Crippen molar-refractivity contribution in [2.45, 2.75) is 6.92 Å². The van der Waals surface area contributed by atoms with Crippen LogP contribution in [0.5, 0.6) is 11.5 Å². The number of hydrogen-bond donors (Lipinski definition) is 2. The third-order valence-electron chi connectivity index (χ3n) is 4.57. The average Bonchev–Trinajstić information content (AvgIpc) is 2.78. The third-order valence-corrected chi connectivity index (χ3v) is 4.81. The van der Waals surface area contributed by atoms with Gasteiger partial charge in [-0.15, -0.1) is 0 Å². The predicted molar refractivity (Wildman–Crippen MR) is 126 cm³/mol. The summed E-state index contributed by atoms with van der Waals surface area (Å²) in [6, 6.07) is 19.1. The summed E-state index contributed by atoms with van der Waals surface area (Å²) in [6.45, 7) is 1.93. The number of amides is 2. The van der Waals surface area contributed by atoms with Gasteiger partial charge in [0.25, 0.3) is 11.8 Å². The van der Waals surface area contributed by atoms with Crippen LogP contribution in [-0.2, 0) is 4.79 Å². The number of nitrogens with one attached hydrogen (secondary N) is 2. The molecule has 0 saturated heterocycles. The van der Waals surface area contributed by atoms with E-state index in [2.05, 4.69) is 10.6 Å². The highest BCUT2D eigenvalue weighted by Crippen LogP contribution is 2.28. The van der Waals surface area contributed by atoms with Gasteiger partial charge in [0.2, 0.25) is 0 Å². The zero-order chi connectivity index (χ0) is 23.1. The number of hydrogen-bond acceptors (Lipinski definition) is 4. The first-order valence-electron chi connectivity index (χ1n) is 9.78. The van der Waals surface area contributed by atoms with Crippen molar-refractivity contribution in [1.82, 2.24) is 5.32 Å². The van der Waals surface area contributed by atoms with Gasteiger partial charge in [-0.1, -0.05) is 35.9 Å². The summed E-state index contributed by atoms with van der Waals surface area (Å²) in [4.78, 5) is 25.9. The smallest absolute Gasteiger partial charge is 0.272 e. The van der Waals surface area contributed by atoms with Gasteiger partial charge in [-0.3, -0.25) is 9.59 Å². The van der Waals surface area contributed by atoms with E-state index >= 15 is 0 Å². The Balaban J connectivity index is 1.95. The largest absolute Gasteiger partial charge is 0.493 e. The minimum absolute atomic E-state index is 0.0590. The molecule has 0 aromatic heterocycles. The van der Waals surface area contributed by atoms with Crippen LogP contribution in [0, 0.1) is 6.92 Å². The summed E-state index contributed by atoms with van der Waals surface area (Å²) >= 11 is 6.00. The van der Waals surface area contributed by atoms with E-state index in [-0.39, 0.29) is 5.70 Å². The van der Waals surface area contributed by atoms with Gasteiger partial charge in [-0.05, 0) is 66.6 Å². The highest BCUT2D eigenvalue weighted by atomic mass is 35.5. The maximum Gasteiger partial charge on any atom is 0.272 e. The second-order valence-electron chi connectivity index (χ2n) is 6.96. The second-order valence-corrected chi connectivity index (χ2v) is 7.40. The number of halogens is 1. The summed E-state index contributed by atoms with van der Waals surface area (Å²) < 4.78 is 10.6. The number of ether oxygens (including phenoxy) is 2. The van der Waals surface area contributed by atoms with Crippen molar-refractivity contribution in [3.8, 4) is 11.5 Å². The van der Waals surface area contributed by atoms with Crippen LogP contribution in [0.15, 0.2) is 72.4 Å². The highest BCUT2D eigenvalue weighted by Gasteiger charge is 2.16. The van der Waals surface area contributed by atoms with E-state index in [1.165, 1.54) is 13.2 Å². The Bertz CT molecular complexity index is 1170. The summed E-state index contributed by atoms with van der Waals surface area (Å²) in [6.07, 6.45) is 1.57. The molecule has 7 heteroatoms. The summed E-state index contributed by atoms with van der Waals surface area (Å²) in [7, 11) is 3.07. The molecule has 0 spiro atoms.